The molecule has 1 aliphatic rings. The lowest BCUT2D eigenvalue weighted by Gasteiger charge is -2.40. The third-order valence-electron chi connectivity index (χ3n) is 4.15. The molecule has 0 saturated carbocycles. The molecule has 0 spiro atoms. The van der Waals surface area contributed by atoms with Crippen molar-refractivity contribution >= 4 is 12.0 Å². The van der Waals surface area contributed by atoms with Crippen molar-refractivity contribution < 1.29 is 18.0 Å². The molecule has 1 aliphatic heterocycles. The molecular formula is C15H18F3NO. The van der Waals surface area contributed by atoms with Gasteiger partial charge in [0, 0.05) is 23.8 Å². The fraction of sp³-hybridized carbons (Fsp3) is 0.533. The Hall–Kier alpha value is -1.52. The Morgan fingerprint density at radius 3 is 2.60 bits per heavy atom. The molecule has 20 heavy (non-hydrogen) atoms. The number of halogens is 3. The smallest absolute Gasteiger partial charge is 0.368 e. The van der Waals surface area contributed by atoms with Crippen molar-refractivity contribution in [2.75, 3.05) is 11.4 Å². The summed E-state index contributed by atoms with van der Waals surface area (Å²) in [4.78, 5) is 12.5. The topological polar surface area (TPSA) is 20.3 Å². The van der Waals surface area contributed by atoms with E-state index in [1.807, 2.05) is 11.8 Å². The monoisotopic (exact) mass is 285 g/mol. The van der Waals surface area contributed by atoms with Gasteiger partial charge in [0.25, 0.3) is 0 Å². The summed E-state index contributed by atoms with van der Waals surface area (Å²) >= 11 is 0. The summed E-state index contributed by atoms with van der Waals surface area (Å²) in [6.45, 7) is 4.64. The maximum Gasteiger partial charge on any atom is 0.418 e. The Bertz CT molecular complexity index is 498. The summed E-state index contributed by atoms with van der Waals surface area (Å²) in [6.07, 6.45) is -2.08. The zero-order chi connectivity index (χ0) is 14.9. The number of rotatable bonds is 2. The minimum atomic E-state index is -4.45. The van der Waals surface area contributed by atoms with Crippen molar-refractivity contribution in [2.24, 2.45) is 5.92 Å². The van der Waals surface area contributed by atoms with E-state index >= 15 is 0 Å². The van der Waals surface area contributed by atoms with E-state index in [1.165, 1.54) is 12.1 Å². The first kappa shape index (κ1) is 14.9. The SMILES string of the molecule is CC1CCCN(c2ccc(C=O)cc2C(F)(F)F)C1C. The zero-order valence-corrected chi connectivity index (χ0v) is 11.6. The van der Waals surface area contributed by atoms with Gasteiger partial charge in [0.1, 0.15) is 6.29 Å². The van der Waals surface area contributed by atoms with E-state index in [2.05, 4.69) is 6.92 Å². The van der Waals surface area contributed by atoms with Crippen molar-refractivity contribution in [1.82, 2.24) is 0 Å². The van der Waals surface area contributed by atoms with Crippen LogP contribution in [0.1, 0.15) is 42.6 Å². The second-order valence-corrected chi connectivity index (χ2v) is 5.45. The van der Waals surface area contributed by atoms with Gasteiger partial charge in [0.2, 0.25) is 0 Å². The molecule has 1 aromatic carbocycles. The maximum absolute atomic E-state index is 13.2. The van der Waals surface area contributed by atoms with Gasteiger partial charge in [-0.3, -0.25) is 4.79 Å². The van der Waals surface area contributed by atoms with E-state index in [-0.39, 0.29) is 17.3 Å². The molecule has 0 aliphatic carbocycles. The summed E-state index contributed by atoms with van der Waals surface area (Å²) in [7, 11) is 0. The molecule has 5 heteroatoms. The third kappa shape index (κ3) is 2.81. The first-order valence-corrected chi connectivity index (χ1v) is 6.77. The Kier molecular flexibility index (Phi) is 4.06. The average molecular weight is 285 g/mol. The second kappa shape index (κ2) is 5.46. The van der Waals surface area contributed by atoms with Gasteiger partial charge in [-0.15, -0.1) is 0 Å². The van der Waals surface area contributed by atoms with Crippen molar-refractivity contribution in [3.05, 3.63) is 29.3 Å². The molecule has 1 aromatic rings. The van der Waals surface area contributed by atoms with E-state index in [1.54, 1.807) is 0 Å². The highest BCUT2D eigenvalue weighted by atomic mass is 19.4. The standard InChI is InChI=1S/C15H18F3NO/c1-10-4-3-7-19(11(10)2)14-6-5-12(9-20)8-13(14)15(16,17)18/h5-6,8-11H,3-4,7H2,1-2H3. The van der Waals surface area contributed by atoms with E-state index in [0.29, 0.717) is 18.7 Å². The van der Waals surface area contributed by atoms with Gasteiger partial charge in [0.05, 0.1) is 5.56 Å². The van der Waals surface area contributed by atoms with E-state index in [9.17, 15) is 18.0 Å². The molecule has 1 saturated heterocycles. The number of anilines is 1. The Morgan fingerprint density at radius 1 is 1.30 bits per heavy atom. The molecular weight excluding hydrogens is 267 g/mol. The summed E-state index contributed by atoms with van der Waals surface area (Å²) in [5, 5.41) is 0. The second-order valence-electron chi connectivity index (χ2n) is 5.45. The largest absolute Gasteiger partial charge is 0.418 e. The van der Waals surface area contributed by atoms with Crippen molar-refractivity contribution in [2.45, 2.75) is 38.9 Å². The van der Waals surface area contributed by atoms with Gasteiger partial charge in [-0.2, -0.15) is 13.2 Å². The van der Waals surface area contributed by atoms with E-state index < -0.39 is 11.7 Å². The van der Waals surface area contributed by atoms with Crippen LogP contribution in [0.4, 0.5) is 18.9 Å². The number of hydrogen-bond donors (Lipinski definition) is 0. The average Bonchev–Trinajstić information content (AvgIpc) is 2.40. The van der Waals surface area contributed by atoms with Crippen LogP contribution >= 0.6 is 0 Å². The number of nitrogens with zero attached hydrogens (tertiary/aromatic N) is 1. The summed E-state index contributed by atoms with van der Waals surface area (Å²) in [5.41, 5.74) is -0.482. The highest BCUT2D eigenvalue weighted by molar-refractivity contribution is 5.77. The van der Waals surface area contributed by atoms with Crippen molar-refractivity contribution in [3.8, 4) is 0 Å². The fourth-order valence-corrected chi connectivity index (χ4v) is 2.78. The molecule has 2 unspecified atom stereocenters. The van der Waals surface area contributed by atoms with Gasteiger partial charge >= 0.3 is 6.18 Å². The van der Waals surface area contributed by atoms with Crippen molar-refractivity contribution in [1.29, 1.82) is 0 Å². The highest BCUT2D eigenvalue weighted by Gasteiger charge is 2.37. The minimum absolute atomic E-state index is 0.0544. The predicted octanol–water partition coefficient (Wildman–Crippen LogP) is 4.14. The van der Waals surface area contributed by atoms with Gasteiger partial charge in [-0.25, -0.2) is 0 Å². The van der Waals surface area contributed by atoms with Crippen LogP contribution in [0.3, 0.4) is 0 Å². The lowest BCUT2D eigenvalue weighted by molar-refractivity contribution is -0.137. The quantitative estimate of drug-likeness (QED) is 0.761. The lowest BCUT2D eigenvalue weighted by Crippen LogP contribution is -2.43. The van der Waals surface area contributed by atoms with Crippen LogP contribution < -0.4 is 4.90 Å². The van der Waals surface area contributed by atoms with Gasteiger partial charge in [-0.05, 0) is 43.9 Å². The Morgan fingerprint density at radius 2 is 2.00 bits per heavy atom. The van der Waals surface area contributed by atoms with Crippen LogP contribution in [0, 0.1) is 5.92 Å². The Balaban J connectivity index is 2.47. The molecule has 0 radical (unpaired) electrons. The molecule has 1 heterocycles. The first-order valence-electron chi connectivity index (χ1n) is 6.77. The van der Waals surface area contributed by atoms with Gasteiger partial charge in [-0.1, -0.05) is 6.92 Å². The molecule has 2 atom stereocenters. The molecule has 0 N–H and O–H groups in total. The third-order valence-corrected chi connectivity index (χ3v) is 4.15. The molecule has 1 fully saturated rings. The molecule has 0 aromatic heterocycles. The zero-order valence-electron chi connectivity index (χ0n) is 11.6. The fourth-order valence-electron chi connectivity index (χ4n) is 2.78. The van der Waals surface area contributed by atoms with Gasteiger partial charge < -0.3 is 4.90 Å². The van der Waals surface area contributed by atoms with Crippen LogP contribution in [-0.2, 0) is 6.18 Å². The number of carbonyl (C=O) groups excluding carboxylic acids is 1. The number of hydrogen-bond acceptors (Lipinski definition) is 2. The summed E-state index contributed by atoms with van der Waals surface area (Å²) < 4.78 is 39.6. The number of piperidine rings is 1. The van der Waals surface area contributed by atoms with Crippen molar-refractivity contribution in [3.63, 3.8) is 0 Å². The number of aldehydes is 1. The molecule has 2 nitrogen and oxygen atoms in total. The number of benzene rings is 1. The first-order chi connectivity index (χ1) is 9.34. The van der Waals surface area contributed by atoms with Crippen LogP contribution in [-0.4, -0.2) is 18.9 Å². The number of alkyl halides is 3. The predicted molar refractivity (Wildman–Crippen MR) is 72.0 cm³/mol. The maximum atomic E-state index is 13.2. The molecule has 0 amide bonds. The minimum Gasteiger partial charge on any atom is -0.368 e. The summed E-state index contributed by atoms with van der Waals surface area (Å²) in [6, 6.07) is 3.87. The van der Waals surface area contributed by atoms with Crippen LogP contribution in [0.25, 0.3) is 0 Å². The Labute approximate surface area is 116 Å². The highest BCUT2D eigenvalue weighted by Crippen LogP contribution is 2.39. The number of carbonyl (C=O) groups is 1. The summed E-state index contributed by atoms with van der Waals surface area (Å²) in [5.74, 6) is 0.357. The van der Waals surface area contributed by atoms with Crippen LogP contribution in [0.15, 0.2) is 18.2 Å². The molecule has 2 rings (SSSR count). The van der Waals surface area contributed by atoms with Crippen LogP contribution in [0.2, 0.25) is 0 Å². The van der Waals surface area contributed by atoms with Crippen LogP contribution in [0.5, 0.6) is 0 Å². The molecule has 110 valence electrons. The van der Waals surface area contributed by atoms with Gasteiger partial charge in [0.15, 0.2) is 0 Å². The normalized spacial score (nSPS) is 23.8. The van der Waals surface area contributed by atoms with E-state index in [0.717, 1.165) is 18.9 Å². The van der Waals surface area contributed by atoms with E-state index in [4.69, 9.17) is 0 Å². The molecule has 0 bridgehead atoms. The lowest BCUT2D eigenvalue weighted by atomic mass is 9.91.